The summed E-state index contributed by atoms with van der Waals surface area (Å²) in [5.74, 6) is 0.653. The maximum atomic E-state index is 12.1. The van der Waals surface area contributed by atoms with Gasteiger partial charge in [-0.3, -0.25) is 9.89 Å². The number of aromatic amines is 1. The van der Waals surface area contributed by atoms with Gasteiger partial charge in [0.15, 0.2) is 0 Å². The quantitative estimate of drug-likeness (QED) is 0.868. The number of nitrogens with one attached hydrogen (secondary N) is 2. The summed E-state index contributed by atoms with van der Waals surface area (Å²) in [6, 6.07) is 7.60. The van der Waals surface area contributed by atoms with Gasteiger partial charge in [0, 0.05) is 31.3 Å². The third-order valence-electron chi connectivity index (χ3n) is 3.20. The molecule has 98 valence electrons. The van der Waals surface area contributed by atoms with Crippen LogP contribution in [0.5, 0.6) is 5.75 Å². The second kappa shape index (κ2) is 5.14. The molecule has 19 heavy (non-hydrogen) atoms. The fourth-order valence-corrected chi connectivity index (χ4v) is 2.22. The largest absolute Gasteiger partial charge is 0.492 e. The average Bonchev–Trinajstić information content (AvgIpc) is 3.08. The Bertz CT molecular complexity index is 578. The summed E-state index contributed by atoms with van der Waals surface area (Å²) in [6.45, 7) is 1.23. The smallest absolute Gasteiger partial charge is 0.255 e. The zero-order valence-corrected chi connectivity index (χ0v) is 10.5. The minimum atomic E-state index is -0.0849. The van der Waals surface area contributed by atoms with Gasteiger partial charge in [-0.1, -0.05) is 12.1 Å². The molecule has 1 aromatic carbocycles. The van der Waals surface area contributed by atoms with Gasteiger partial charge in [-0.25, -0.2) is 0 Å². The Kier molecular flexibility index (Phi) is 3.18. The number of para-hydroxylation sites is 1. The van der Waals surface area contributed by atoms with Crippen LogP contribution in [0.1, 0.15) is 21.6 Å². The van der Waals surface area contributed by atoms with E-state index in [1.165, 1.54) is 0 Å². The fourth-order valence-electron chi connectivity index (χ4n) is 2.22. The molecule has 0 unspecified atom stereocenters. The van der Waals surface area contributed by atoms with Gasteiger partial charge in [0.2, 0.25) is 0 Å². The maximum absolute atomic E-state index is 12.1. The van der Waals surface area contributed by atoms with Gasteiger partial charge in [-0.15, -0.1) is 0 Å². The van der Waals surface area contributed by atoms with Crippen molar-refractivity contribution in [2.24, 2.45) is 0 Å². The normalized spacial score (nSPS) is 12.8. The minimum Gasteiger partial charge on any atom is -0.492 e. The van der Waals surface area contributed by atoms with Crippen molar-refractivity contribution in [1.29, 1.82) is 0 Å². The molecule has 0 atom stereocenters. The molecule has 5 nitrogen and oxygen atoms in total. The molecule has 1 aliphatic rings. The highest BCUT2D eigenvalue weighted by molar-refractivity contribution is 5.97. The SMILES string of the molecule is O=C(NCCc1ccn[nH]1)c1cccc2c1OCC2. The third-order valence-corrected chi connectivity index (χ3v) is 3.20. The molecule has 0 bridgehead atoms. The lowest BCUT2D eigenvalue weighted by atomic mass is 10.1. The first-order chi connectivity index (χ1) is 9.34. The number of ether oxygens (including phenoxy) is 1. The number of carbonyl (C=O) groups excluding carboxylic acids is 1. The van der Waals surface area contributed by atoms with Crippen LogP contribution in [0.2, 0.25) is 0 Å². The van der Waals surface area contributed by atoms with Gasteiger partial charge in [0.05, 0.1) is 12.2 Å². The molecule has 3 rings (SSSR count). The molecule has 0 saturated heterocycles. The van der Waals surface area contributed by atoms with Crippen molar-refractivity contribution in [2.45, 2.75) is 12.8 Å². The molecule has 5 heteroatoms. The Balaban J connectivity index is 1.63. The molecule has 0 spiro atoms. The number of aromatic nitrogens is 2. The Labute approximate surface area is 111 Å². The number of carbonyl (C=O) groups is 1. The van der Waals surface area contributed by atoms with Crippen LogP contribution in [0.3, 0.4) is 0 Å². The zero-order chi connectivity index (χ0) is 13.1. The monoisotopic (exact) mass is 257 g/mol. The van der Waals surface area contributed by atoms with E-state index >= 15 is 0 Å². The van der Waals surface area contributed by atoms with Crippen molar-refractivity contribution >= 4 is 5.91 Å². The summed E-state index contributed by atoms with van der Waals surface area (Å²) in [7, 11) is 0. The van der Waals surface area contributed by atoms with E-state index in [4.69, 9.17) is 4.74 Å². The number of nitrogens with zero attached hydrogens (tertiary/aromatic N) is 1. The Morgan fingerprint density at radius 3 is 3.21 bits per heavy atom. The molecular formula is C14H15N3O2. The standard InChI is InChI=1S/C14H15N3O2/c18-14(15-7-4-11-5-8-16-17-11)12-3-1-2-10-6-9-19-13(10)12/h1-3,5,8H,4,6-7,9H2,(H,15,18)(H,16,17). The lowest BCUT2D eigenvalue weighted by molar-refractivity contribution is 0.0951. The van der Waals surface area contributed by atoms with Crippen LogP contribution in [0.4, 0.5) is 0 Å². The van der Waals surface area contributed by atoms with Crippen molar-refractivity contribution in [3.8, 4) is 5.75 Å². The summed E-state index contributed by atoms with van der Waals surface area (Å²) in [5, 5.41) is 9.63. The van der Waals surface area contributed by atoms with Crippen LogP contribution in [-0.4, -0.2) is 29.3 Å². The summed E-state index contributed by atoms with van der Waals surface area (Å²) < 4.78 is 5.53. The van der Waals surface area contributed by atoms with Gasteiger partial charge < -0.3 is 10.1 Å². The lowest BCUT2D eigenvalue weighted by Crippen LogP contribution is -2.26. The van der Waals surface area contributed by atoms with E-state index in [0.29, 0.717) is 18.7 Å². The van der Waals surface area contributed by atoms with Crippen LogP contribution in [-0.2, 0) is 12.8 Å². The minimum absolute atomic E-state index is 0.0849. The second-order valence-electron chi connectivity index (χ2n) is 4.48. The molecule has 2 heterocycles. The highest BCUT2D eigenvalue weighted by Gasteiger charge is 2.19. The summed E-state index contributed by atoms with van der Waals surface area (Å²) in [4.78, 5) is 12.1. The van der Waals surface area contributed by atoms with E-state index in [1.54, 1.807) is 12.3 Å². The molecule has 2 N–H and O–H groups in total. The Hall–Kier alpha value is -2.30. The van der Waals surface area contributed by atoms with E-state index in [-0.39, 0.29) is 5.91 Å². The number of hydrogen-bond donors (Lipinski definition) is 2. The van der Waals surface area contributed by atoms with Crippen LogP contribution < -0.4 is 10.1 Å². The predicted octanol–water partition coefficient (Wildman–Crippen LogP) is 1.32. The number of amides is 1. The molecule has 0 aliphatic carbocycles. The van der Waals surface area contributed by atoms with Crippen LogP contribution in [0.15, 0.2) is 30.5 Å². The predicted molar refractivity (Wildman–Crippen MR) is 70.3 cm³/mol. The molecule has 1 aromatic heterocycles. The van der Waals surface area contributed by atoms with Crippen LogP contribution in [0.25, 0.3) is 0 Å². The molecule has 1 aliphatic heterocycles. The first-order valence-electron chi connectivity index (χ1n) is 6.36. The van der Waals surface area contributed by atoms with Gasteiger partial charge in [-0.2, -0.15) is 5.10 Å². The average molecular weight is 257 g/mol. The molecule has 0 radical (unpaired) electrons. The fraction of sp³-hybridized carbons (Fsp3) is 0.286. The highest BCUT2D eigenvalue weighted by atomic mass is 16.5. The van der Waals surface area contributed by atoms with Crippen molar-refractivity contribution < 1.29 is 9.53 Å². The van der Waals surface area contributed by atoms with E-state index < -0.39 is 0 Å². The Morgan fingerprint density at radius 2 is 2.37 bits per heavy atom. The molecule has 2 aromatic rings. The number of fused-ring (bicyclic) bond motifs is 1. The molecule has 1 amide bonds. The number of H-pyrrole nitrogens is 1. The third kappa shape index (κ3) is 2.45. The van der Waals surface area contributed by atoms with Gasteiger partial charge in [0.25, 0.3) is 5.91 Å². The van der Waals surface area contributed by atoms with E-state index in [9.17, 15) is 4.79 Å². The summed E-state index contributed by atoms with van der Waals surface area (Å²) >= 11 is 0. The highest BCUT2D eigenvalue weighted by Crippen LogP contribution is 2.29. The topological polar surface area (TPSA) is 67.0 Å². The molecule has 0 saturated carbocycles. The van der Waals surface area contributed by atoms with Crippen molar-refractivity contribution in [1.82, 2.24) is 15.5 Å². The number of rotatable bonds is 4. The summed E-state index contributed by atoms with van der Waals surface area (Å²) in [5.41, 5.74) is 2.75. The first kappa shape index (κ1) is 11.8. The van der Waals surface area contributed by atoms with Crippen molar-refractivity contribution in [3.05, 3.63) is 47.3 Å². The van der Waals surface area contributed by atoms with E-state index in [2.05, 4.69) is 15.5 Å². The van der Waals surface area contributed by atoms with Gasteiger partial charge in [-0.05, 0) is 17.7 Å². The van der Waals surface area contributed by atoms with Crippen molar-refractivity contribution in [2.75, 3.05) is 13.2 Å². The maximum Gasteiger partial charge on any atom is 0.255 e. The van der Waals surface area contributed by atoms with E-state index in [0.717, 1.165) is 29.8 Å². The zero-order valence-electron chi connectivity index (χ0n) is 10.5. The Morgan fingerprint density at radius 1 is 1.42 bits per heavy atom. The summed E-state index contributed by atoms with van der Waals surface area (Å²) in [6.07, 6.45) is 3.32. The number of hydrogen-bond acceptors (Lipinski definition) is 3. The van der Waals surface area contributed by atoms with Gasteiger partial charge in [0.1, 0.15) is 5.75 Å². The molecule has 0 fully saturated rings. The van der Waals surface area contributed by atoms with Crippen molar-refractivity contribution in [3.63, 3.8) is 0 Å². The van der Waals surface area contributed by atoms with Gasteiger partial charge >= 0.3 is 0 Å². The lowest BCUT2D eigenvalue weighted by Gasteiger charge is -2.08. The second-order valence-corrected chi connectivity index (χ2v) is 4.48. The van der Waals surface area contributed by atoms with Crippen LogP contribution in [0, 0.1) is 0 Å². The first-order valence-corrected chi connectivity index (χ1v) is 6.36. The van der Waals surface area contributed by atoms with E-state index in [1.807, 2.05) is 18.2 Å². The van der Waals surface area contributed by atoms with Crippen LogP contribution >= 0.6 is 0 Å². The number of benzene rings is 1. The molecular weight excluding hydrogens is 242 g/mol.